The van der Waals surface area contributed by atoms with Gasteiger partial charge in [0.05, 0.1) is 11.0 Å². The molecule has 0 aromatic heterocycles. The molecular formula is C27H25ClN4O. The lowest BCUT2D eigenvalue weighted by Crippen LogP contribution is -2.47. The van der Waals surface area contributed by atoms with Crippen LogP contribution in [0.1, 0.15) is 5.56 Å². The summed E-state index contributed by atoms with van der Waals surface area (Å²) in [5.41, 5.74) is 3.17. The van der Waals surface area contributed by atoms with E-state index in [0.29, 0.717) is 5.02 Å². The molecule has 5 nitrogen and oxygen atoms in total. The van der Waals surface area contributed by atoms with Crippen LogP contribution in [0.3, 0.4) is 0 Å². The van der Waals surface area contributed by atoms with E-state index >= 15 is 0 Å². The van der Waals surface area contributed by atoms with Gasteiger partial charge in [0.25, 0.3) is 0 Å². The lowest BCUT2D eigenvalue weighted by Gasteiger charge is -2.40. The fourth-order valence-corrected chi connectivity index (χ4v) is 4.89. The molecule has 0 bridgehead atoms. The van der Waals surface area contributed by atoms with Crippen molar-refractivity contribution in [2.45, 2.75) is 6.54 Å². The van der Waals surface area contributed by atoms with Crippen molar-refractivity contribution in [1.29, 1.82) is 0 Å². The quantitative estimate of drug-likeness (QED) is 0.602. The summed E-state index contributed by atoms with van der Waals surface area (Å²) in [6.07, 6.45) is 0. The lowest BCUT2D eigenvalue weighted by atomic mass is 10.1. The average molecular weight is 457 g/mol. The molecule has 0 atom stereocenters. The minimum atomic E-state index is 0.679. The second kappa shape index (κ2) is 8.25. The molecule has 0 amide bonds. The molecule has 6 rings (SSSR count). The first-order valence-electron chi connectivity index (χ1n) is 11.3. The summed E-state index contributed by atoms with van der Waals surface area (Å²) in [7, 11) is 2.18. The van der Waals surface area contributed by atoms with Gasteiger partial charge in [0.15, 0.2) is 11.5 Å². The summed E-state index contributed by atoms with van der Waals surface area (Å²) in [4.78, 5) is 12.3. The van der Waals surface area contributed by atoms with Crippen molar-refractivity contribution in [3.05, 3.63) is 105 Å². The Morgan fingerprint density at radius 3 is 2.48 bits per heavy atom. The van der Waals surface area contributed by atoms with Gasteiger partial charge in [-0.2, -0.15) is 0 Å². The highest BCUT2D eigenvalue weighted by Gasteiger charge is 2.34. The monoisotopic (exact) mass is 456 g/mol. The molecule has 0 spiro atoms. The fraction of sp³-hybridized carbons (Fsp3) is 0.222. The van der Waals surface area contributed by atoms with Crippen molar-refractivity contribution >= 4 is 23.0 Å². The summed E-state index contributed by atoms with van der Waals surface area (Å²) in [5, 5.41) is 2.52. The van der Waals surface area contributed by atoms with Gasteiger partial charge in [0, 0.05) is 43.0 Å². The minimum Gasteiger partial charge on any atom is -0.452 e. The first-order chi connectivity index (χ1) is 16.2. The fourth-order valence-electron chi connectivity index (χ4n) is 4.73. The van der Waals surface area contributed by atoms with Gasteiger partial charge in [-0.3, -0.25) is 0 Å². The van der Waals surface area contributed by atoms with Gasteiger partial charge >= 0.3 is 0 Å². The average Bonchev–Trinajstić information content (AvgIpc) is 3.11. The Labute approximate surface area is 198 Å². The van der Waals surface area contributed by atoms with Crippen LogP contribution in [0.25, 0.3) is 5.76 Å². The maximum atomic E-state index is 6.60. The van der Waals surface area contributed by atoms with E-state index in [-0.39, 0.29) is 0 Å². The van der Waals surface area contributed by atoms with E-state index in [9.17, 15) is 0 Å². The highest BCUT2D eigenvalue weighted by atomic mass is 35.5. The number of piperazine rings is 1. The normalized spacial score (nSPS) is 17.7. The molecule has 3 aromatic carbocycles. The van der Waals surface area contributed by atoms with E-state index in [0.717, 1.165) is 72.0 Å². The molecule has 33 heavy (non-hydrogen) atoms. The van der Waals surface area contributed by atoms with Crippen LogP contribution in [0.15, 0.2) is 89.3 Å². The highest BCUT2D eigenvalue weighted by molar-refractivity contribution is 6.30. The van der Waals surface area contributed by atoms with E-state index in [1.165, 1.54) is 5.56 Å². The molecule has 0 unspecified atom stereocenters. The summed E-state index contributed by atoms with van der Waals surface area (Å²) in [6.45, 7) is 4.61. The number of likely N-dealkylation sites (N-methyl/N-ethyl adjacent to an activating group) is 1. The smallest absolute Gasteiger partial charge is 0.166 e. The number of rotatable bonds is 3. The maximum absolute atomic E-state index is 6.60. The molecule has 0 aliphatic carbocycles. The molecule has 3 aliphatic heterocycles. The van der Waals surface area contributed by atoms with Crippen LogP contribution < -0.4 is 20.2 Å². The van der Waals surface area contributed by atoms with Gasteiger partial charge in [-0.1, -0.05) is 54.1 Å². The third kappa shape index (κ3) is 3.67. The first kappa shape index (κ1) is 20.3. The third-order valence-corrected chi connectivity index (χ3v) is 6.71. The topological polar surface area (TPSA) is 31.3 Å². The second-order valence-corrected chi connectivity index (χ2v) is 9.14. The molecule has 1 fully saturated rings. The Bertz CT molecular complexity index is 1360. The van der Waals surface area contributed by atoms with Crippen molar-refractivity contribution in [2.24, 2.45) is 4.99 Å². The van der Waals surface area contributed by atoms with Gasteiger partial charge < -0.3 is 19.4 Å². The summed E-state index contributed by atoms with van der Waals surface area (Å²) in [6, 6.07) is 24.7. The van der Waals surface area contributed by atoms with Crippen molar-refractivity contribution in [1.82, 2.24) is 9.80 Å². The zero-order valence-electron chi connectivity index (χ0n) is 18.5. The van der Waals surface area contributed by atoms with Crippen molar-refractivity contribution < 1.29 is 4.74 Å². The molecular weight excluding hydrogens is 432 g/mol. The molecule has 1 saturated heterocycles. The van der Waals surface area contributed by atoms with Gasteiger partial charge in [0.2, 0.25) is 0 Å². The number of hydrogen-bond donors (Lipinski definition) is 0. The number of halogens is 1. The Kier molecular flexibility index (Phi) is 5.08. The van der Waals surface area contributed by atoms with Crippen LogP contribution in [0.5, 0.6) is 5.75 Å². The predicted octanol–water partition coefficient (Wildman–Crippen LogP) is 3.60. The van der Waals surface area contributed by atoms with Gasteiger partial charge in [0.1, 0.15) is 11.5 Å². The van der Waals surface area contributed by atoms with Crippen LogP contribution in [-0.2, 0) is 6.54 Å². The van der Waals surface area contributed by atoms with Crippen LogP contribution in [-0.4, -0.2) is 43.0 Å². The predicted molar refractivity (Wildman–Crippen MR) is 131 cm³/mol. The van der Waals surface area contributed by atoms with E-state index in [2.05, 4.69) is 64.2 Å². The number of anilines is 1. The zero-order chi connectivity index (χ0) is 22.4. The standard InChI is InChI=1S/C27H25ClN4O/c1-30-13-15-31(16-14-30)27-25-26(21-12-11-20(28)17-22(21)29-25)33-24-10-6-5-9-23(24)32(27)18-19-7-3-2-4-8-19/h2-12,17H,13-16,18H2,1H3. The molecule has 3 aliphatic rings. The molecule has 3 aromatic rings. The van der Waals surface area contributed by atoms with Crippen LogP contribution in [0, 0.1) is 0 Å². The molecule has 3 heterocycles. The molecule has 166 valence electrons. The van der Waals surface area contributed by atoms with Crippen LogP contribution in [0.4, 0.5) is 5.69 Å². The zero-order valence-corrected chi connectivity index (χ0v) is 19.3. The lowest BCUT2D eigenvalue weighted by molar-refractivity contribution is 0.181. The molecule has 0 N–H and O–H groups in total. The summed E-state index contributed by atoms with van der Waals surface area (Å²) < 4.78 is 6.60. The Hall–Kier alpha value is -3.28. The Balaban J connectivity index is 1.60. The maximum Gasteiger partial charge on any atom is 0.166 e. The first-order valence-corrected chi connectivity index (χ1v) is 11.7. The van der Waals surface area contributed by atoms with Gasteiger partial charge in [-0.15, -0.1) is 0 Å². The summed E-state index contributed by atoms with van der Waals surface area (Å²) in [5.74, 6) is 2.74. The molecule has 0 radical (unpaired) electrons. The minimum absolute atomic E-state index is 0.679. The van der Waals surface area contributed by atoms with Gasteiger partial charge in [-0.25, -0.2) is 4.99 Å². The van der Waals surface area contributed by atoms with E-state index in [1.54, 1.807) is 0 Å². The molecule has 0 saturated carbocycles. The number of para-hydroxylation sites is 2. The second-order valence-electron chi connectivity index (χ2n) is 8.71. The number of ether oxygens (including phenoxy) is 1. The van der Waals surface area contributed by atoms with Crippen molar-refractivity contribution in [2.75, 3.05) is 38.1 Å². The van der Waals surface area contributed by atoms with Crippen LogP contribution >= 0.6 is 11.6 Å². The Morgan fingerprint density at radius 2 is 1.67 bits per heavy atom. The van der Waals surface area contributed by atoms with Crippen LogP contribution in [0.2, 0.25) is 5.02 Å². The van der Waals surface area contributed by atoms with E-state index in [1.807, 2.05) is 30.3 Å². The largest absolute Gasteiger partial charge is 0.452 e. The number of hydrogen-bond acceptors (Lipinski definition) is 5. The summed E-state index contributed by atoms with van der Waals surface area (Å²) >= 11 is 6.32. The Morgan fingerprint density at radius 1 is 0.909 bits per heavy atom. The molecule has 6 heteroatoms. The van der Waals surface area contributed by atoms with Crippen molar-refractivity contribution in [3.8, 4) is 5.75 Å². The SMILES string of the molecule is CN1CCN(C2=C3N=c4cc(Cl)ccc4=C3Oc3ccccc3N2Cc2ccccc2)CC1. The number of fused-ring (bicyclic) bond motifs is 3. The van der Waals surface area contributed by atoms with E-state index < -0.39 is 0 Å². The number of benzene rings is 3. The van der Waals surface area contributed by atoms with Crippen molar-refractivity contribution in [3.63, 3.8) is 0 Å². The third-order valence-electron chi connectivity index (χ3n) is 6.47. The number of nitrogens with zero attached hydrogens (tertiary/aromatic N) is 4. The van der Waals surface area contributed by atoms with Gasteiger partial charge in [-0.05, 0) is 42.9 Å². The highest BCUT2D eigenvalue weighted by Crippen LogP contribution is 2.41. The van der Waals surface area contributed by atoms with E-state index in [4.69, 9.17) is 21.3 Å².